The molecule has 1 amide bonds. The Bertz CT molecular complexity index is 389. The van der Waals surface area contributed by atoms with Gasteiger partial charge in [-0.15, -0.1) is 24.8 Å². The van der Waals surface area contributed by atoms with Crippen molar-refractivity contribution in [2.24, 2.45) is 17.8 Å². The van der Waals surface area contributed by atoms with E-state index in [2.05, 4.69) is 22.0 Å². The molecule has 0 saturated carbocycles. The highest BCUT2D eigenvalue weighted by Crippen LogP contribution is 2.25. The van der Waals surface area contributed by atoms with E-state index >= 15 is 0 Å². The summed E-state index contributed by atoms with van der Waals surface area (Å²) < 4.78 is 5.41. The maximum Gasteiger partial charge on any atom is 0.222 e. The van der Waals surface area contributed by atoms with E-state index in [9.17, 15) is 4.79 Å². The summed E-state index contributed by atoms with van der Waals surface area (Å²) >= 11 is 0. The quantitative estimate of drug-likeness (QED) is 0.773. The van der Waals surface area contributed by atoms with E-state index in [0.717, 1.165) is 65.4 Å². The van der Waals surface area contributed by atoms with Gasteiger partial charge in [0.25, 0.3) is 0 Å². The van der Waals surface area contributed by atoms with Crippen molar-refractivity contribution in [3.8, 4) is 0 Å². The zero-order valence-corrected chi connectivity index (χ0v) is 17.1. The van der Waals surface area contributed by atoms with Crippen LogP contribution in [-0.4, -0.2) is 74.7 Å². The Balaban J connectivity index is 0.00000156. The molecule has 3 heterocycles. The maximum atomic E-state index is 12.6. The van der Waals surface area contributed by atoms with E-state index in [1.165, 1.54) is 19.3 Å². The number of nitrogens with zero attached hydrogens (tertiary/aromatic N) is 2. The zero-order valence-electron chi connectivity index (χ0n) is 15.5. The molecule has 0 aromatic rings. The standard InChI is InChI=1S/C18H33N3O2.2ClH/c1-15(17-3-2-5-19-12-17)11-18(22)21-6-4-16(14-21)13-20-7-9-23-10-8-20;;/h15-17,19H,2-14H2,1H3;2*1H. The summed E-state index contributed by atoms with van der Waals surface area (Å²) in [4.78, 5) is 17.2. The topological polar surface area (TPSA) is 44.8 Å². The van der Waals surface area contributed by atoms with Crippen molar-refractivity contribution in [1.29, 1.82) is 0 Å². The number of rotatable bonds is 5. The third-order valence-corrected chi connectivity index (χ3v) is 5.89. The zero-order chi connectivity index (χ0) is 16.1. The predicted molar refractivity (Wildman–Crippen MR) is 106 cm³/mol. The van der Waals surface area contributed by atoms with Crippen LogP contribution in [0, 0.1) is 17.8 Å². The average molecular weight is 396 g/mol. The number of carbonyl (C=O) groups excluding carboxylic acids is 1. The van der Waals surface area contributed by atoms with Crippen molar-refractivity contribution in [2.75, 3.05) is 59.0 Å². The van der Waals surface area contributed by atoms with Crippen LogP contribution in [0.15, 0.2) is 0 Å². The van der Waals surface area contributed by atoms with Gasteiger partial charge in [-0.25, -0.2) is 0 Å². The number of ether oxygens (including phenoxy) is 1. The van der Waals surface area contributed by atoms with Crippen LogP contribution in [0.5, 0.6) is 0 Å². The lowest BCUT2D eigenvalue weighted by molar-refractivity contribution is -0.131. The minimum absolute atomic E-state index is 0. The normalized spacial score (nSPS) is 28.8. The molecule has 3 saturated heterocycles. The molecule has 3 atom stereocenters. The fourth-order valence-corrected chi connectivity index (χ4v) is 4.29. The highest BCUT2D eigenvalue weighted by molar-refractivity contribution is 5.85. The fourth-order valence-electron chi connectivity index (χ4n) is 4.29. The molecule has 0 aromatic carbocycles. The summed E-state index contributed by atoms with van der Waals surface area (Å²) in [5, 5.41) is 3.47. The third-order valence-electron chi connectivity index (χ3n) is 5.89. The number of hydrogen-bond acceptors (Lipinski definition) is 4. The molecule has 3 fully saturated rings. The predicted octanol–water partition coefficient (Wildman–Crippen LogP) is 2.04. The SMILES string of the molecule is CC(CC(=O)N1CCC(CN2CCOCC2)C1)C1CCCNC1.Cl.Cl. The van der Waals surface area contributed by atoms with Crippen molar-refractivity contribution >= 4 is 30.7 Å². The van der Waals surface area contributed by atoms with Crippen LogP contribution in [0.25, 0.3) is 0 Å². The lowest BCUT2D eigenvalue weighted by Gasteiger charge is -2.30. The Morgan fingerprint density at radius 3 is 2.64 bits per heavy atom. The molecule has 1 N–H and O–H groups in total. The second kappa shape index (κ2) is 11.6. The van der Waals surface area contributed by atoms with Gasteiger partial charge < -0.3 is 15.0 Å². The lowest BCUT2D eigenvalue weighted by Crippen LogP contribution is -2.40. The van der Waals surface area contributed by atoms with E-state index in [4.69, 9.17) is 4.74 Å². The summed E-state index contributed by atoms with van der Waals surface area (Å²) in [7, 11) is 0. The van der Waals surface area contributed by atoms with Crippen molar-refractivity contribution in [1.82, 2.24) is 15.1 Å². The second-order valence-corrected chi connectivity index (χ2v) is 7.70. The number of halogens is 2. The van der Waals surface area contributed by atoms with Crippen molar-refractivity contribution in [3.05, 3.63) is 0 Å². The van der Waals surface area contributed by atoms with Crippen LogP contribution in [0.3, 0.4) is 0 Å². The first-order valence-electron chi connectivity index (χ1n) is 9.51. The number of nitrogens with one attached hydrogen (secondary N) is 1. The first-order chi connectivity index (χ1) is 11.2. The minimum atomic E-state index is 0. The molecule has 5 nitrogen and oxygen atoms in total. The van der Waals surface area contributed by atoms with E-state index in [1.54, 1.807) is 0 Å². The van der Waals surface area contributed by atoms with Crippen LogP contribution in [0.4, 0.5) is 0 Å². The van der Waals surface area contributed by atoms with Gasteiger partial charge in [-0.1, -0.05) is 6.92 Å². The van der Waals surface area contributed by atoms with Crippen molar-refractivity contribution < 1.29 is 9.53 Å². The number of likely N-dealkylation sites (tertiary alicyclic amines) is 1. The van der Waals surface area contributed by atoms with Gasteiger partial charge in [-0.05, 0) is 50.1 Å². The Labute approximate surface area is 165 Å². The minimum Gasteiger partial charge on any atom is -0.379 e. The molecular weight excluding hydrogens is 361 g/mol. The molecule has 3 aliphatic rings. The molecule has 0 aliphatic carbocycles. The number of carbonyl (C=O) groups is 1. The highest BCUT2D eigenvalue weighted by Gasteiger charge is 2.30. The van der Waals surface area contributed by atoms with Crippen molar-refractivity contribution in [3.63, 3.8) is 0 Å². The van der Waals surface area contributed by atoms with Crippen LogP contribution >= 0.6 is 24.8 Å². The molecule has 3 aliphatic heterocycles. The van der Waals surface area contributed by atoms with Crippen LogP contribution in [0.2, 0.25) is 0 Å². The average Bonchev–Trinajstić information content (AvgIpc) is 3.05. The summed E-state index contributed by atoms with van der Waals surface area (Å²) in [5.41, 5.74) is 0. The Morgan fingerprint density at radius 2 is 1.96 bits per heavy atom. The Morgan fingerprint density at radius 1 is 1.20 bits per heavy atom. The number of amides is 1. The third kappa shape index (κ3) is 6.87. The lowest BCUT2D eigenvalue weighted by atomic mass is 9.85. The number of hydrogen-bond donors (Lipinski definition) is 1. The molecule has 7 heteroatoms. The highest BCUT2D eigenvalue weighted by atomic mass is 35.5. The summed E-state index contributed by atoms with van der Waals surface area (Å²) in [6, 6.07) is 0. The molecule has 148 valence electrons. The maximum absolute atomic E-state index is 12.6. The monoisotopic (exact) mass is 395 g/mol. The van der Waals surface area contributed by atoms with Crippen LogP contribution < -0.4 is 5.32 Å². The van der Waals surface area contributed by atoms with Crippen molar-refractivity contribution in [2.45, 2.75) is 32.6 Å². The van der Waals surface area contributed by atoms with E-state index in [-0.39, 0.29) is 24.8 Å². The Hall–Kier alpha value is -0.0700. The van der Waals surface area contributed by atoms with Gasteiger partial charge in [0.05, 0.1) is 13.2 Å². The van der Waals surface area contributed by atoms with Gasteiger partial charge >= 0.3 is 0 Å². The molecule has 0 spiro atoms. The van der Waals surface area contributed by atoms with Gasteiger partial charge in [-0.3, -0.25) is 9.69 Å². The largest absolute Gasteiger partial charge is 0.379 e. The fraction of sp³-hybridized carbons (Fsp3) is 0.944. The first-order valence-corrected chi connectivity index (χ1v) is 9.51. The molecule has 0 aromatic heterocycles. The molecule has 0 radical (unpaired) electrons. The number of morpholine rings is 1. The van der Waals surface area contributed by atoms with E-state index < -0.39 is 0 Å². The van der Waals surface area contributed by atoms with Gasteiger partial charge in [0.2, 0.25) is 5.91 Å². The van der Waals surface area contributed by atoms with Gasteiger partial charge in [0.1, 0.15) is 0 Å². The van der Waals surface area contributed by atoms with Crippen LogP contribution in [0.1, 0.15) is 32.6 Å². The van der Waals surface area contributed by atoms with Gasteiger partial charge in [-0.2, -0.15) is 0 Å². The smallest absolute Gasteiger partial charge is 0.222 e. The Kier molecular flexibility index (Phi) is 10.7. The summed E-state index contributed by atoms with van der Waals surface area (Å²) in [5.74, 6) is 2.23. The summed E-state index contributed by atoms with van der Waals surface area (Å²) in [6.45, 7) is 11.4. The first kappa shape index (κ1) is 23.0. The molecular formula is C18H35Cl2N3O2. The van der Waals surface area contributed by atoms with Gasteiger partial charge in [0.15, 0.2) is 0 Å². The van der Waals surface area contributed by atoms with E-state index in [1.807, 2.05) is 0 Å². The molecule has 3 unspecified atom stereocenters. The molecule has 25 heavy (non-hydrogen) atoms. The number of piperidine rings is 1. The van der Waals surface area contributed by atoms with Crippen LogP contribution in [-0.2, 0) is 9.53 Å². The molecule has 3 rings (SSSR count). The van der Waals surface area contributed by atoms with E-state index in [0.29, 0.717) is 23.7 Å². The van der Waals surface area contributed by atoms with Gasteiger partial charge in [0, 0.05) is 39.1 Å². The summed E-state index contributed by atoms with van der Waals surface area (Å²) in [6.07, 6.45) is 4.44. The molecule has 0 bridgehead atoms. The second-order valence-electron chi connectivity index (χ2n) is 7.70.